The maximum absolute atomic E-state index is 3.88. The van der Waals surface area contributed by atoms with Crippen LogP contribution in [0.2, 0.25) is 17.8 Å². The second kappa shape index (κ2) is 6.83. The molecule has 0 saturated carbocycles. The molecular weight excluding hydrogens is 460 g/mol. The van der Waals surface area contributed by atoms with Crippen LogP contribution in [0.25, 0.3) is 0 Å². The molecular formula is C7H16Br4Si2. The highest BCUT2D eigenvalue weighted by atomic mass is 79.9. The Morgan fingerprint density at radius 3 is 1.31 bits per heavy atom. The third kappa shape index (κ3) is 8.19. The van der Waals surface area contributed by atoms with Crippen LogP contribution in [-0.4, -0.2) is 10.6 Å². The molecule has 0 aromatic rings. The first kappa shape index (κ1) is 15.4. The molecule has 0 aromatic carbocycles. The molecule has 0 radical (unpaired) electrons. The molecule has 0 rings (SSSR count). The summed E-state index contributed by atoms with van der Waals surface area (Å²) in [6.07, 6.45) is 2.53. The lowest BCUT2D eigenvalue weighted by atomic mass is 10.6. The van der Waals surface area contributed by atoms with E-state index in [0.717, 1.165) is 0 Å². The first-order valence-electron chi connectivity index (χ1n) is 4.58. The molecule has 6 heteroatoms. The summed E-state index contributed by atoms with van der Waals surface area (Å²) in [5, 5.41) is -2.57. The van der Waals surface area contributed by atoms with Gasteiger partial charge in [0.05, 0.1) is 0 Å². The molecule has 0 fully saturated rings. The highest BCUT2D eigenvalue weighted by Gasteiger charge is 2.37. The number of halogens is 4. The van der Waals surface area contributed by atoms with Crippen molar-refractivity contribution in [3.63, 3.8) is 0 Å². The van der Waals surface area contributed by atoms with E-state index in [1.165, 1.54) is 30.6 Å². The maximum atomic E-state index is 3.88. The average Bonchev–Trinajstić information content (AvgIpc) is 1.82. The van der Waals surface area contributed by atoms with Gasteiger partial charge in [-0.2, -0.15) is 0 Å². The fourth-order valence-corrected chi connectivity index (χ4v) is 42.7. The highest BCUT2D eigenvalue weighted by molar-refractivity contribution is 9.53. The zero-order chi connectivity index (χ0) is 10.5. The minimum Gasteiger partial charge on any atom is -0.111 e. The Bertz CT molecular complexity index is 133. The van der Waals surface area contributed by atoms with Gasteiger partial charge in [-0.3, -0.25) is 0 Å². The summed E-state index contributed by atoms with van der Waals surface area (Å²) in [5.74, 6) is 0. The molecule has 0 saturated heterocycles. The molecule has 0 heterocycles. The molecule has 0 atom stereocenters. The van der Waals surface area contributed by atoms with E-state index in [9.17, 15) is 0 Å². The van der Waals surface area contributed by atoms with Crippen molar-refractivity contribution in [1.82, 2.24) is 0 Å². The molecule has 0 aliphatic carbocycles. The summed E-state index contributed by atoms with van der Waals surface area (Å²) in [6, 6.07) is 2.62. The zero-order valence-electron chi connectivity index (χ0n) is 8.05. The summed E-state index contributed by atoms with van der Waals surface area (Å²) >= 11 is 15.5. The van der Waals surface area contributed by atoms with Crippen LogP contribution in [0.5, 0.6) is 0 Å². The quantitative estimate of drug-likeness (QED) is 0.336. The van der Waals surface area contributed by atoms with Gasteiger partial charge in [-0.1, -0.05) is 26.7 Å². The van der Waals surface area contributed by atoms with Gasteiger partial charge in [0.15, 0.2) is 10.6 Å². The van der Waals surface area contributed by atoms with Gasteiger partial charge in [0.1, 0.15) is 0 Å². The molecule has 0 bridgehead atoms. The number of hydrogen-bond acceptors (Lipinski definition) is 0. The molecule has 80 valence electrons. The monoisotopic (exact) mass is 472 g/mol. The minimum absolute atomic E-state index is 1.26. The standard InChI is InChI=1S/C7H16Br4Si2/c1-3-5-12(8,9)7-13(10,11)6-4-2/h3-7H2,1-2H3. The van der Waals surface area contributed by atoms with E-state index >= 15 is 0 Å². The summed E-state index contributed by atoms with van der Waals surface area (Å²) in [5.41, 5.74) is 1.31. The van der Waals surface area contributed by atoms with Crippen LogP contribution < -0.4 is 0 Å². The van der Waals surface area contributed by atoms with Gasteiger partial charge in [0.25, 0.3) is 0 Å². The van der Waals surface area contributed by atoms with Crippen molar-refractivity contribution in [3.05, 3.63) is 0 Å². The lowest BCUT2D eigenvalue weighted by Gasteiger charge is -2.25. The van der Waals surface area contributed by atoms with Gasteiger partial charge in [-0.05, 0) is 17.8 Å². The Morgan fingerprint density at radius 1 is 0.769 bits per heavy atom. The largest absolute Gasteiger partial charge is 0.200 e. The van der Waals surface area contributed by atoms with Gasteiger partial charge in [0, 0.05) is 0 Å². The van der Waals surface area contributed by atoms with Gasteiger partial charge in [0.2, 0.25) is 0 Å². The Hall–Kier alpha value is 2.35. The van der Waals surface area contributed by atoms with Gasteiger partial charge in [-0.25, -0.2) is 0 Å². The summed E-state index contributed by atoms with van der Waals surface area (Å²) in [6.45, 7) is 4.49. The third-order valence-electron chi connectivity index (χ3n) is 1.75. The average molecular weight is 476 g/mol. The third-order valence-corrected chi connectivity index (χ3v) is 23.2. The Kier molecular flexibility index (Phi) is 8.07. The molecule has 13 heavy (non-hydrogen) atoms. The van der Waals surface area contributed by atoms with Crippen molar-refractivity contribution in [2.24, 2.45) is 0 Å². The van der Waals surface area contributed by atoms with Gasteiger partial charge >= 0.3 is 0 Å². The zero-order valence-corrected chi connectivity index (χ0v) is 16.4. The molecule has 0 aromatic heterocycles. The Labute approximate surface area is 115 Å². The fourth-order valence-electron chi connectivity index (χ4n) is 1.29. The lowest BCUT2D eigenvalue weighted by molar-refractivity contribution is 1.06. The SMILES string of the molecule is CCC[Si](Br)(Br)C[Si](Br)(Br)CCC. The van der Waals surface area contributed by atoms with Gasteiger partial charge < -0.3 is 0 Å². The van der Waals surface area contributed by atoms with E-state index in [1.807, 2.05) is 0 Å². The van der Waals surface area contributed by atoms with Crippen LogP contribution in [0.4, 0.5) is 0 Å². The van der Waals surface area contributed by atoms with E-state index in [-0.39, 0.29) is 0 Å². The first-order chi connectivity index (χ1) is 5.83. The molecule has 0 N–H and O–H groups in total. The van der Waals surface area contributed by atoms with Crippen molar-refractivity contribution in [3.8, 4) is 0 Å². The summed E-state index contributed by atoms with van der Waals surface area (Å²) in [4.78, 5) is 0. The smallest absolute Gasteiger partial charge is 0.111 e. The molecule has 0 amide bonds. The maximum Gasteiger partial charge on any atom is 0.200 e. The Balaban J connectivity index is 4.07. The predicted molar refractivity (Wildman–Crippen MR) is 82.2 cm³/mol. The predicted octanol–water partition coefficient (Wildman–Crippen LogP) is 5.81. The normalized spacial score (nSPS) is 13.4. The van der Waals surface area contributed by atoms with E-state index in [2.05, 4.69) is 75.0 Å². The highest BCUT2D eigenvalue weighted by Crippen LogP contribution is 2.42. The van der Waals surface area contributed by atoms with Crippen LogP contribution in [-0.2, 0) is 0 Å². The van der Waals surface area contributed by atoms with Crippen LogP contribution in [0.15, 0.2) is 0 Å². The van der Waals surface area contributed by atoms with Crippen molar-refractivity contribution >= 4 is 71.8 Å². The van der Waals surface area contributed by atoms with Crippen LogP contribution >= 0.6 is 61.2 Å². The summed E-state index contributed by atoms with van der Waals surface area (Å²) in [7, 11) is 0. The minimum atomic E-state index is -1.28. The van der Waals surface area contributed by atoms with E-state index < -0.39 is 10.6 Å². The molecule has 0 aliphatic rings. The van der Waals surface area contributed by atoms with Crippen molar-refractivity contribution < 1.29 is 0 Å². The topological polar surface area (TPSA) is 0 Å². The number of rotatable bonds is 6. The molecule has 0 spiro atoms. The molecule has 0 aliphatic heterocycles. The van der Waals surface area contributed by atoms with Gasteiger partial charge in [-0.15, -0.1) is 61.2 Å². The fraction of sp³-hybridized carbons (Fsp3) is 1.00. The van der Waals surface area contributed by atoms with E-state index in [1.54, 1.807) is 0 Å². The molecule has 0 unspecified atom stereocenters. The Morgan fingerprint density at radius 2 is 1.08 bits per heavy atom. The molecule has 0 nitrogen and oxygen atoms in total. The van der Waals surface area contributed by atoms with Crippen LogP contribution in [0, 0.1) is 0 Å². The lowest BCUT2D eigenvalue weighted by Crippen LogP contribution is -2.30. The van der Waals surface area contributed by atoms with Crippen LogP contribution in [0.3, 0.4) is 0 Å². The summed E-state index contributed by atoms with van der Waals surface area (Å²) < 4.78 is 0. The second-order valence-corrected chi connectivity index (χ2v) is 33.8. The van der Waals surface area contributed by atoms with E-state index in [4.69, 9.17) is 0 Å². The van der Waals surface area contributed by atoms with Crippen molar-refractivity contribution in [2.75, 3.05) is 0 Å². The van der Waals surface area contributed by atoms with Crippen molar-refractivity contribution in [1.29, 1.82) is 0 Å². The van der Waals surface area contributed by atoms with Crippen molar-refractivity contribution in [2.45, 2.75) is 44.4 Å². The first-order valence-corrected chi connectivity index (χ1v) is 18.4. The van der Waals surface area contributed by atoms with Crippen LogP contribution in [0.1, 0.15) is 26.7 Å². The second-order valence-electron chi connectivity index (χ2n) is 3.39. The number of hydrogen-bond donors (Lipinski definition) is 0. The van der Waals surface area contributed by atoms with E-state index in [0.29, 0.717) is 0 Å².